The van der Waals surface area contributed by atoms with Crippen LogP contribution in [0.3, 0.4) is 0 Å². The largest absolute Gasteiger partial charge is 0.474 e. The first-order chi connectivity index (χ1) is 10.5. The number of nitrogens with one attached hydrogen (secondary N) is 1. The molecule has 0 heterocycles. The minimum absolute atomic E-state index is 0.114. The number of carbonyl (C=O) groups is 1. The van der Waals surface area contributed by atoms with Gasteiger partial charge in [-0.1, -0.05) is 25.3 Å². The minimum atomic E-state index is -0.761. The number of nitro groups is 1. The van der Waals surface area contributed by atoms with Gasteiger partial charge in [-0.25, -0.2) is 0 Å². The Morgan fingerprint density at radius 2 is 2.05 bits per heavy atom. The van der Waals surface area contributed by atoms with Crippen molar-refractivity contribution < 1.29 is 14.5 Å². The van der Waals surface area contributed by atoms with E-state index in [1.165, 1.54) is 18.6 Å². The van der Waals surface area contributed by atoms with E-state index in [4.69, 9.17) is 4.74 Å². The maximum atomic E-state index is 12.2. The van der Waals surface area contributed by atoms with Gasteiger partial charge in [-0.15, -0.1) is 0 Å². The summed E-state index contributed by atoms with van der Waals surface area (Å²) in [5.74, 6) is -0.0938. The Hall–Kier alpha value is -2.11. The van der Waals surface area contributed by atoms with E-state index in [9.17, 15) is 14.9 Å². The van der Waals surface area contributed by atoms with Crippen LogP contribution in [0.2, 0.25) is 0 Å². The Morgan fingerprint density at radius 3 is 2.68 bits per heavy atom. The zero-order valence-corrected chi connectivity index (χ0v) is 13.0. The number of hydrogen-bond donors (Lipinski definition) is 1. The molecule has 1 aliphatic carbocycles. The summed E-state index contributed by atoms with van der Waals surface area (Å²) in [6.45, 7) is 3.39. The summed E-state index contributed by atoms with van der Waals surface area (Å²) >= 11 is 0. The summed E-state index contributed by atoms with van der Waals surface area (Å²) < 4.78 is 5.51. The molecule has 0 bridgehead atoms. The maximum Gasteiger partial charge on any atom is 0.311 e. The molecule has 0 aliphatic heterocycles. The molecule has 1 aliphatic rings. The third-order valence-electron chi connectivity index (χ3n) is 3.94. The summed E-state index contributed by atoms with van der Waals surface area (Å²) in [5.41, 5.74) is 0.663. The van der Waals surface area contributed by atoms with Gasteiger partial charge in [-0.3, -0.25) is 14.9 Å². The van der Waals surface area contributed by atoms with Crippen molar-refractivity contribution in [3.8, 4) is 5.75 Å². The standard InChI is InChI=1S/C16H22N2O4/c1-11-8-9-15(14(10-11)18(20)21)22-12(2)16(19)17-13-6-4-3-5-7-13/h8-10,12-13H,3-7H2,1-2H3,(H,17,19)/t12-/m1/s1. The van der Waals surface area contributed by atoms with Crippen LogP contribution in [-0.4, -0.2) is 23.0 Å². The van der Waals surface area contributed by atoms with Gasteiger partial charge in [0.05, 0.1) is 4.92 Å². The number of carbonyl (C=O) groups excluding carboxylic acids is 1. The van der Waals surface area contributed by atoms with Crippen LogP contribution < -0.4 is 10.1 Å². The van der Waals surface area contributed by atoms with E-state index in [-0.39, 0.29) is 23.4 Å². The van der Waals surface area contributed by atoms with E-state index in [0.717, 1.165) is 31.2 Å². The maximum absolute atomic E-state index is 12.2. The highest BCUT2D eigenvalue weighted by molar-refractivity contribution is 5.81. The molecule has 1 aromatic rings. The number of nitrogens with zero attached hydrogens (tertiary/aromatic N) is 1. The van der Waals surface area contributed by atoms with E-state index < -0.39 is 11.0 Å². The van der Waals surface area contributed by atoms with Gasteiger partial charge in [0.15, 0.2) is 11.9 Å². The van der Waals surface area contributed by atoms with Gasteiger partial charge in [-0.05, 0) is 38.3 Å². The first-order valence-corrected chi connectivity index (χ1v) is 7.69. The Kier molecular flexibility index (Phi) is 5.35. The van der Waals surface area contributed by atoms with E-state index in [1.807, 2.05) is 0 Å². The molecule has 0 spiro atoms. The Balaban J connectivity index is 2.00. The highest BCUT2D eigenvalue weighted by Gasteiger charge is 2.23. The van der Waals surface area contributed by atoms with Crippen molar-refractivity contribution in [2.75, 3.05) is 0 Å². The molecule has 0 unspecified atom stereocenters. The smallest absolute Gasteiger partial charge is 0.311 e. The molecular weight excluding hydrogens is 284 g/mol. The third kappa shape index (κ3) is 4.19. The Morgan fingerprint density at radius 1 is 1.36 bits per heavy atom. The fourth-order valence-electron chi connectivity index (χ4n) is 2.68. The summed E-state index contributed by atoms with van der Waals surface area (Å²) in [4.78, 5) is 22.7. The lowest BCUT2D eigenvalue weighted by Crippen LogP contribution is -2.43. The van der Waals surface area contributed by atoms with Gasteiger partial charge < -0.3 is 10.1 Å². The van der Waals surface area contributed by atoms with Crippen molar-refractivity contribution in [3.63, 3.8) is 0 Å². The molecule has 1 amide bonds. The Bertz CT molecular complexity index is 553. The fourth-order valence-corrected chi connectivity index (χ4v) is 2.68. The van der Waals surface area contributed by atoms with Gasteiger partial charge in [0.2, 0.25) is 0 Å². The van der Waals surface area contributed by atoms with Crippen LogP contribution in [0.1, 0.15) is 44.6 Å². The molecule has 0 saturated heterocycles. The lowest BCUT2D eigenvalue weighted by molar-refractivity contribution is -0.386. The van der Waals surface area contributed by atoms with Crippen LogP contribution in [0.25, 0.3) is 0 Å². The molecule has 0 radical (unpaired) electrons. The molecular formula is C16H22N2O4. The zero-order chi connectivity index (χ0) is 16.1. The normalized spacial score (nSPS) is 16.8. The number of amides is 1. The first kappa shape index (κ1) is 16.3. The quantitative estimate of drug-likeness (QED) is 0.669. The topological polar surface area (TPSA) is 81.5 Å². The predicted molar refractivity (Wildman–Crippen MR) is 82.9 cm³/mol. The van der Waals surface area contributed by atoms with Crippen molar-refractivity contribution in [3.05, 3.63) is 33.9 Å². The first-order valence-electron chi connectivity index (χ1n) is 7.69. The summed E-state index contributed by atoms with van der Waals surface area (Å²) in [6, 6.07) is 4.91. The summed E-state index contributed by atoms with van der Waals surface area (Å²) in [6.07, 6.45) is 4.69. The average molecular weight is 306 g/mol. The van der Waals surface area contributed by atoms with Gasteiger partial charge in [0, 0.05) is 12.1 Å². The number of ether oxygens (including phenoxy) is 1. The highest BCUT2D eigenvalue weighted by atomic mass is 16.6. The molecule has 22 heavy (non-hydrogen) atoms. The van der Waals surface area contributed by atoms with Gasteiger partial charge >= 0.3 is 5.69 Å². The van der Waals surface area contributed by atoms with Crippen LogP contribution in [0.15, 0.2) is 18.2 Å². The van der Waals surface area contributed by atoms with Crippen LogP contribution in [0, 0.1) is 17.0 Å². The number of hydrogen-bond acceptors (Lipinski definition) is 4. The molecule has 120 valence electrons. The predicted octanol–water partition coefficient (Wildman–Crippen LogP) is 3.12. The average Bonchev–Trinajstić information content (AvgIpc) is 2.49. The number of rotatable bonds is 5. The number of benzene rings is 1. The highest BCUT2D eigenvalue weighted by Crippen LogP contribution is 2.28. The molecule has 1 N–H and O–H groups in total. The minimum Gasteiger partial charge on any atom is -0.474 e. The van der Waals surface area contributed by atoms with E-state index >= 15 is 0 Å². The lowest BCUT2D eigenvalue weighted by atomic mass is 9.95. The van der Waals surface area contributed by atoms with E-state index in [1.54, 1.807) is 19.9 Å². The van der Waals surface area contributed by atoms with Crippen LogP contribution in [0.5, 0.6) is 5.75 Å². The lowest BCUT2D eigenvalue weighted by Gasteiger charge is -2.24. The van der Waals surface area contributed by atoms with Gasteiger partial charge in [-0.2, -0.15) is 0 Å². The monoisotopic (exact) mass is 306 g/mol. The van der Waals surface area contributed by atoms with Crippen LogP contribution >= 0.6 is 0 Å². The van der Waals surface area contributed by atoms with Crippen molar-refractivity contribution in [2.24, 2.45) is 0 Å². The zero-order valence-electron chi connectivity index (χ0n) is 13.0. The molecule has 6 heteroatoms. The molecule has 1 atom stereocenters. The van der Waals surface area contributed by atoms with E-state index in [0.29, 0.717) is 0 Å². The Labute approximate surface area is 130 Å². The summed E-state index contributed by atoms with van der Waals surface area (Å²) in [7, 11) is 0. The summed E-state index contributed by atoms with van der Waals surface area (Å²) in [5, 5.41) is 14.0. The number of nitro benzene ring substituents is 1. The van der Waals surface area contributed by atoms with Crippen molar-refractivity contribution >= 4 is 11.6 Å². The second-order valence-corrected chi connectivity index (χ2v) is 5.83. The third-order valence-corrected chi connectivity index (χ3v) is 3.94. The van der Waals surface area contributed by atoms with Gasteiger partial charge in [0.1, 0.15) is 0 Å². The van der Waals surface area contributed by atoms with Crippen LogP contribution in [-0.2, 0) is 4.79 Å². The van der Waals surface area contributed by atoms with Gasteiger partial charge in [0.25, 0.3) is 5.91 Å². The van der Waals surface area contributed by atoms with Crippen molar-refractivity contribution in [2.45, 2.75) is 58.1 Å². The van der Waals surface area contributed by atoms with Crippen LogP contribution in [0.4, 0.5) is 5.69 Å². The molecule has 1 saturated carbocycles. The second kappa shape index (κ2) is 7.24. The molecule has 0 aromatic heterocycles. The molecule has 2 rings (SSSR count). The van der Waals surface area contributed by atoms with Crippen molar-refractivity contribution in [1.82, 2.24) is 5.32 Å². The van der Waals surface area contributed by atoms with E-state index in [2.05, 4.69) is 5.32 Å². The number of aryl methyl sites for hydroxylation is 1. The van der Waals surface area contributed by atoms with Crippen molar-refractivity contribution in [1.29, 1.82) is 0 Å². The fraction of sp³-hybridized carbons (Fsp3) is 0.562. The second-order valence-electron chi connectivity index (χ2n) is 5.83. The molecule has 1 fully saturated rings. The molecule has 1 aromatic carbocycles. The SMILES string of the molecule is Cc1ccc(O[C@H](C)C(=O)NC2CCCCC2)c([N+](=O)[O-])c1. The molecule has 6 nitrogen and oxygen atoms in total.